The molecule has 1 fully saturated rings. The Hall–Kier alpha value is -1.39. The molecule has 2 unspecified atom stereocenters. The molecule has 1 saturated heterocycles. The lowest BCUT2D eigenvalue weighted by Gasteiger charge is -2.25. The molecule has 2 heterocycles. The molecule has 0 spiro atoms. The number of amides is 1. The summed E-state index contributed by atoms with van der Waals surface area (Å²) < 4.78 is 0. The summed E-state index contributed by atoms with van der Waals surface area (Å²) in [4.78, 5) is 16.9. The van der Waals surface area contributed by atoms with Crippen molar-refractivity contribution in [1.82, 2.24) is 10.2 Å². The van der Waals surface area contributed by atoms with Crippen LogP contribution in [0.5, 0.6) is 0 Å². The number of benzene rings is 1. The number of hydrogen-bond acceptors (Lipinski definition) is 3. The Labute approximate surface area is 120 Å². The van der Waals surface area contributed by atoms with Crippen molar-refractivity contribution in [2.75, 3.05) is 31.6 Å². The molecule has 2 atom stereocenters. The summed E-state index contributed by atoms with van der Waals surface area (Å²) in [6.45, 7) is 4.67. The fraction of sp³-hybridized carbons (Fsp3) is 0.562. The standard InChI is InChI=1S/C16H23N3O/c1-12-9-13-5-3-4-6-15(13)19(12)16(20)11-18-8-7-14(10-18)17-2/h3-6,12,14,17H,7-11H2,1-2H3. The van der Waals surface area contributed by atoms with Gasteiger partial charge in [0.25, 0.3) is 0 Å². The highest BCUT2D eigenvalue weighted by Gasteiger charge is 2.32. The molecule has 0 radical (unpaired) electrons. The van der Waals surface area contributed by atoms with Gasteiger partial charge in [0.15, 0.2) is 0 Å². The second-order valence-electron chi connectivity index (χ2n) is 5.95. The van der Waals surface area contributed by atoms with Crippen molar-refractivity contribution >= 4 is 11.6 Å². The molecule has 0 bridgehead atoms. The summed E-state index contributed by atoms with van der Waals surface area (Å²) in [5.74, 6) is 0.235. The number of hydrogen-bond donors (Lipinski definition) is 1. The highest BCUT2D eigenvalue weighted by molar-refractivity contribution is 5.97. The van der Waals surface area contributed by atoms with E-state index in [2.05, 4.69) is 35.3 Å². The molecule has 1 amide bonds. The zero-order valence-electron chi connectivity index (χ0n) is 12.3. The van der Waals surface area contributed by atoms with E-state index in [0.717, 1.165) is 31.6 Å². The van der Waals surface area contributed by atoms with Crippen LogP contribution in [-0.2, 0) is 11.2 Å². The molecule has 4 heteroatoms. The fourth-order valence-corrected chi connectivity index (χ4v) is 3.42. The van der Waals surface area contributed by atoms with Crippen molar-refractivity contribution < 1.29 is 4.79 Å². The maximum atomic E-state index is 12.6. The highest BCUT2D eigenvalue weighted by Crippen LogP contribution is 2.31. The maximum Gasteiger partial charge on any atom is 0.241 e. The maximum absolute atomic E-state index is 12.6. The second kappa shape index (κ2) is 5.54. The number of carbonyl (C=O) groups is 1. The third-order valence-electron chi connectivity index (χ3n) is 4.52. The van der Waals surface area contributed by atoms with E-state index in [-0.39, 0.29) is 11.9 Å². The molecule has 0 saturated carbocycles. The summed E-state index contributed by atoms with van der Waals surface area (Å²) in [6, 6.07) is 9.08. The van der Waals surface area contributed by atoms with E-state index >= 15 is 0 Å². The normalized spacial score (nSPS) is 26.0. The van der Waals surface area contributed by atoms with E-state index in [4.69, 9.17) is 0 Å². The van der Waals surface area contributed by atoms with Crippen LogP contribution in [0.3, 0.4) is 0 Å². The molecule has 1 aromatic carbocycles. The van der Waals surface area contributed by atoms with Gasteiger partial charge in [-0.1, -0.05) is 18.2 Å². The van der Waals surface area contributed by atoms with Crippen molar-refractivity contribution in [2.45, 2.75) is 31.8 Å². The Morgan fingerprint density at radius 1 is 1.40 bits per heavy atom. The Morgan fingerprint density at radius 2 is 2.20 bits per heavy atom. The number of fused-ring (bicyclic) bond motifs is 1. The van der Waals surface area contributed by atoms with E-state index in [0.29, 0.717) is 12.6 Å². The number of carbonyl (C=O) groups excluding carboxylic acids is 1. The minimum Gasteiger partial charge on any atom is -0.316 e. The van der Waals surface area contributed by atoms with Gasteiger partial charge in [0.1, 0.15) is 0 Å². The van der Waals surface area contributed by atoms with Crippen LogP contribution < -0.4 is 10.2 Å². The number of anilines is 1. The van der Waals surface area contributed by atoms with Crippen LogP contribution in [0, 0.1) is 0 Å². The van der Waals surface area contributed by atoms with Gasteiger partial charge in [-0.2, -0.15) is 0 Å². The van der Waals surface area contributed by atoms with Crippen molar-refractivity contribution in [1.29, 1.82) is 0 Å². The van der Waals surface area contributed by atoms with Crippen molar-refractivity contribution in [3.8, 4) is 0 Å². The number of nitrogens with one attached hydrogen (secondary N) is 1. The molecule has 1 N–H and O–H groups in total. The molecule has 4 nitrogen and oxygen atoms in total. The van der Waals surface area contributed by atoms with Crippen molar-refractivity contribution in [3.05, 3.63) is 29.8 Å². The number of para-hydroxylation sites is 1. The predicted octanol–water partition coefficient (Wildman–Crippen LogP) is 1.26. The van der Waals surface area contributed by atoms with E-state index < -0.39 is 0 Å². The number of nitrogens with zero attached hydrogens (tertiary/aromatic N) is 2. The Balaban J connectivity index is 1.69. The topological polar surface area (TPSA) is 35.6 Å². The van der Waals surface area contributed by atoms with Crippen LogP contribution in [0.25, 0.3) is 0 Å². The Kier molecular flexibility index (Phi) is 3.76. The molecule has 20 heavy (non-hydrogen) atoms. The lowest BCUT2D eigenvalue weighted by Crippen LogP contribution is -2.43. The van der Waals surface area contributed by atoms with Crippen LogP contribution >= 0.6 is 0 Å². The lowest BCUT2D eigenvalue weighted by atomic mass is 10.1. The SMILES string of the molecule is CNC1CCN(CC(=O)N2c3ccccc3CC2C)C1. The first-order chi connectivity index (χ1) is 9.69. The smallest absolute Gasteiger partial charge is 0.241 e. The third-order valence-corrected chi connectivity index (χ3v) is 4.52. The first kappa shape index (κ1) is 13.6. The largest absolute Gasteiger partial charge is 0.316 e. The Morgan fingerprint density at radius 3 is 2.95 bits per heavy atom. The third kappa shape index (κ3) is 2.45. The van der Waals surface area contributed by atoms with Crippen molar-refractivity contribution in [2.24, 2.45) is 0 Å². The van der Waals surface area contributed by atoms with E-state index in [9.17, 15) is 4.79 Å². The molecule has 0 aliphatic carbocycles. The van der Waals surface area contributed by atoms with Crippen LogP contribution in [0.1, 0.15) is 18.9 Å². The number of likely N-dealkylation sites (tertiary alicyclic amines) is 1. The molecular weight excluding hydrogens is 250 g/mol. The van der Waals surface area contributed by atoms with E-state index in [1.165, 1.54) is 5.56 Å². The molecule has 108 valence electrons. The van der Waals surface area contributed by atoms with Gasteiger partial charge in [0, 0.05) is 30.9 Å². The van der Waals surface area contributed by atoms with E-state index in [1.54, 1.807) is 0 Å². The van der Waals surface area contributed by atoms with Crippen LogP contribution in [-0.4, -0.2) is 49.6 Å². The predicted molar refractivity (Wildman–Crippen MR) is 81.0 cm³/mol. The quantitative estimate of drug-likeness (QED) is 0.900. The average molecular weight is 273 g/mol. The van der Waals surface area contributed by atoms with Crippen LogP contribution in [0.2, 0.25) is 0 Å². The minimum atomic E-state index is 0.235. The molecule has 2 aliphatic heterocycles. The summed E-state index contributed by atoms with van der Waals surface area (Å²) >= 11 is 0. The number of rotatable bonds is 3. The fourth-order valence-electron chi connectivity index (χ4n) is 3.42. The van der Waals surface area contributed by atoms with Crippen LogP contribution in [0.15, 0.2) is 24.3 Å². The van der Waals surface area contributed by atoms with Gasteiger partial charge in [0.05, 0.1) is 6.54 Å². The molecule has 2 aliphatic rings. The van der Waals surface area contributed by atoms with Gasteiger partial charge >= 0.3 is 0 Å². The van der Waals surface area contributed by atoms with Gasteiger partial charge in [-0.25, -0.2) is 0 Å². The monoisotopic (exact) mass is 273 g/mol. The summed E-state index contributed by atoms with van der Waals surface area (Å²) in [5, 5.41) is 3.29. The molecule has 0 aromatic heterocycles. The van der Waals surface area contributed by atoms with Gasteiger partial charge in [-0.05, 0) is 38.4 Å². The zero-order valence-corrected chi connectivity index (χ0v) is 12.3. The summed E-state index contributed by atoms with van der Waals surface area (Å²) in [5.41, 5.74) is 2.40. The number of likely N-dealkylation sites (N-methyl/N-ethyl adjacent to an activating group) is 1. The second-order valence-corrected chi connectivity index (χ2v) is 5.95. The first-order valence-electron chi connectivity index (χ1n) is 7.48. The summed E-state index contributed by atoms with van der Waals surface area (Å²) in [6.07, 6.45) is 2.11. The molecular formula is C16H23N3O. The first-order valence-corrected chi connectivity index (χ1v) is 7.48. The molecule has 1 aromatic rings. The van der Waals surface area contributed by atoms with Gasteiger partial charge < -0.3 is 10.2 Å². The van der Waals surface area contributed by atoms with Gasteiger partial charge in [-0.3, -0.25) is 9.69 Å². The van der Waals surface area contributed by atoms with Crippen molar-refractivity contribution in [3.63, 3.8) is 0 Å². The highest BCUT2D eigenvalue weighted by atomic mass is 16.2. The van der Waals surface area contributed by atoms with Gasteiger partial charge in [-0.15, -0.1) is 0 Å². The summed E-state index contributed by atoms with van der Waals surface area (Å²) in [7, 11) is 1.99. The van der Waals surface area contributed by atoms with E-state index in [1.807, 2.05) is 18.0 Å². The zero-order chi connectivity index (χ0) is 14.1. The Bertz CT molecular complexity index is 502. The van der Waals surface area contributed by atoms with Gasteiger partial charge in [0.2, 0.25) is 5.91 Å². The minimum absolute atomic E-state index is 0.235. The average Bonchev–Trinajstić information content (AvgIpc) is 3.01. The lowest BCUT2D eigenvalue weighted by molar-refractivity contribution is -0.119. The van der Waals surface area contributed by atoms with Crippen LogP contribution in [0.4, 0.5) is 5.69 Å². The molecule has 3 rings (SSSR count).